The molecular weight excluding hydrogens is 296 g/mol. The van der Waals surface area contributed by atoms with E-state index in [9.17, 15) is 9.18 Å². The third-order valence-corrected chi connectivity index (χ3v) is 5.12. The third kappa shape index (κ3) is 1.74. The van der Waals surface area contributed by atoms with Gasteiger partial charge in [-0.15, -0.1) is 0 Å². The molecule has 0 aliphatic heterocycles. The van der Waals surface area contributed by atoms with Crippen molar-refractivity contribution in [2.45, 2.75) is 6.92 Å². The van der Waals surface area contributed by atoms with Gasteiger partial charge in [-0.1, -0.05) is 0 Å². The van der Waals surface area contributed by atoms with Gasteiger partial charge >= 0.3 is 109 Å². The van der Waals surface area contributed by atoms with Crippen LogP contribution in [0.3, 0.4) is 0 Å². The van der Waals surface area contributed by atoms with E-state index in [2.05, 4.69) is 0 Å². The fourth-order valence-corrected chi connectivity index (χ4v) is 4.04. The van der Waals surface area contributed by atoms with Gasteiger partial charge in [-0.2, -0.15) is 0 Å². The van der Waals surface area contributed by atoms with Crippen LogP contribution in [-0.2, 0) is 0 Å². The molecule has 0 aliphatic carbocycles. The number of rotatable bonds is 1. The summed E-state index contributed by atoms with van der Waals surface area (Å²) >= 11 is -0.177. The predicted molar refractivity (Wildman–Crippen MR) is 71.2 cm³/mol. The quantitative estimate of drug-likeness (QED) is 0.633. The molecule has 2 aromatic carbocycles. The molecule has 0 saturated heterocycles. The number of aryl methyl sites for hydroxylation is 1. The van der Waals surface area contributed by atoms with Crippen LogP contribution in [-0.4, -0.2) is 18.3 Å². The molecule has 3 rings (SSSR count). The second-order valence-corrected chi connectivity index (χ2v) is 6.21. The molecule has 1 aromatic heterocycles. The van der Waals surface area contributed by atoms with Gasteiger partial charge in [0.2, 0.25) is 0 Å². The van der Waals surface area contributed by atoms with Crippen molar-refractivity contribution >= 4 is 24.4 Å². The second-order valence-electron chi connectivity index (χ2n) is 4.14. The number of hydrogen-bond donors (Lipinski definition) is 0. The van der Waals surface area contributed by atoms with Crippen molar-refractivity contribution in [2.75, 3.05) is 0 Å². The van der Waals surface area contributed by atoms with Crippen LogP contribution in [0.2, 0.25) is 0 Å². The molecule has 0 amide bonds. The van der Waals surface area contributed by atoms with E-state index in [1.807, 2.05) is 31.2 Å². The Balaban J connectivity index is 2.32. The first-order chi connectivity index (χ1) is 8.66. The summed E-state index contributed by atoms with van der Waals surface area (Å²) in [5, 5.41) is 0.692. The van der Waals surface area contributed by atoms with Gasteiger partial charge in [0.1, 0.15) is 0 Å². The first-order valence-corrected chi connectivity index (χ1v) is 7.17. The summed E-state index contributed by atoms with van der Waals surface area (Å²) in [6.07, 6.45) is 0. The molecule has 0 saturated carbocycles. The van der Waals surface area contributed by atoms with E-state index >= 15 is 0 Å². The molecule has 1 heterocycles. The van der Waals surface area contributed by atoms with Crippen LogP contribution in [0.5, 0.6) is 0 Å². The fraction of sp³-hybridized carbons (Fsp3) is 0.0714. The van der Waals surface area contributed by atoms with Crippen LogP contribution in [0.4, 0.5) is 4.39 Å². The summed E-state index contributed by atoms with van der Waals surface area (Å²) < 4.78 is 16.5. The number of halogens is 1. The summed E-state index contributed by atoms with van der Waals surface area (Å²) in [6.45, 7) is 1.83. The Hall–Kier alpha value is -1.64. The van der Waals surface area contributed by atoms with E-state index in [1.165, 1.54) is 6.07 Å². The Kier molecular flexibility index (Phi) is 2.69. The molecule has 4 heteroatoms. The van der Waals surface area contributed by atoms with E-state index in [4.69, 9.17) is 0 Å². The molecule has 0 N–H and O–H groups in total. The Morgan fingerprint density at radius 3 is 2.67 bits per heavy atom. The van der Waals surface area contributed by atoms with Gasteiger partial charge in [-0.25, -0.2) is 0 Å². The van der Waals surface area contributed by atoms with E-state index in [0.29, 0.717) is 11.1 Å². The van der Waals surface area contributed by atoms with Crippen molar-refractivity contribution < 1.29 is 4.39 Å². The zero-order chi connectivity index (χ0) is 12.7. The number of nitrogens with zero attached hydrogens (tertiary/aromatic N) is 1. The van der Waals surface area contributed by atoms with Crippen molar-refractivity contribution in [2.24, 2.45) is 0 Å². The minimum atomic E-state index is -0.335. The summed E-state index contributed by atoms with van der Waals surface area (Å²) in [4.78, 5) is 12.2. The molecule has 0 spiro atoms. The van der Waals surface area contributed by atoms with Crippen LogP contribution in [0, 0.1) is 12.7 Å². The first kappa shape index (κ1) is 11.4. The molecule has 0 radical (unpaired) electrons. The fourth-order valence-electron chi connectivity index (χ4n) is 1.91. The summed E-state index contributed by atoms with van der Waals surface area (Å²) in [6, 6.07) is 12.4. The molecule has 0 bridgehead atoms. The molecule has 0 unspecified atom stereocenters. The molecule has 0 fully saturated rings. The van der Waals surface area contributed by atoms with E-state index in [-0.39, 0.29) is 26.1 Å². The number of benzene rings is 2. The van der Waals surface area contributed by atoms with Crippen molar-refractivity contribution in [3.8, 4) is 5.69 Å². The van der Waals surface area contributed by atoms with Crippen LogP contribution in [0.15, 0.2) is 47.3 Å². The van der Waals surface area contributed by atoms with Gasteiger partial charge in [0.05, 0.1) is 0 Å². The van der Waals surface area contributed by atoms with Gasteiger partial charge in [0.25, 0.3) is 0 Å². The van der Waals surface area contributed by atoms with E-state index < -0.39 is 0 Å². The molecule has 2 nitrogen and oxygen atoms in total. The Labute approximate surface area is 109 Å². The second kappa shape index (κ2) is 4.23. The van der Waals surface area contributed by atoms with Gasteiger partial charge in [-0.3, -0.25) is 0 Å². The SMILES string of the molecule is Cc1ccc(-n2[se]c3ccccc3c2=O)c(F)c1. The predicted octanol–water partition coefficient (Wildman–Crippen LogP) is 2.50. The Bertz CT molecular complexity index is 788. The van der Waals surface area contributed by atoms with Gasteiger partial charge in [0, 0.05) is 0 Å². The first-order valence-electron chi connectivity index (χ1n) is 5.54. The van der Waals surface area contributed by atoms with Crippen LogP contribution in [0.25, 0.3) is 15.3 Å². The standard InChI is InChI=1S/C14H10FNOSe/c1-9-6-7-12(11(15)8-9)16-14(17)10-4-2-3-5-13(10)18-16/h2-8H,1H3. The van der Waals surface area contributed by atoms with Crippen molar-refractivity contribution in [1.82, 2.24) is 3.56 Å². The zero-order valence-electron chi connectivity index (χ0n) is 9.68. The minimum absolute atomic E-state index is 0.103. The maximum absolute atomic E-state index is 13.9. The third-order valence-electron chi connectivity index (χ3n) is 2.81. The summed E-state index contributed by atoms with van der Waals surface area (Å²) in [7, 11) is 0. The monoisotopic (exact) mass is 307 g/mol. The maximum atomic E-state index is 13.9. The molecule has 3 aromatic rings. The topological polar surface area (TPSA) is 22.0 Å². The average molecular weight is 306 g/mol. The van der Waals surface area contributed by atoms with Crippen LogP contribution >= 0.6 is 0 Å². The van der Waals surface area contributed by atoms with E-state index in [0.717, 1.165) is 9.82 Å². The van der Waals surface area contributed by atoms with Crippen LogP contribution in [0.1, 0.15) is 5.56 Å². The Morgan fingerprint density at radius 2 is 1.94 bits per heavy atom. The van der Waals surface area contributed by atoms with Gasteiger partial charge < -0.3 is 0 Å². The van der Waals surface area contributed by atoms with Gasteiger partial charge in [0.15, 0.2) is 0 Å². The molecule has 0 atom stereocenters. The van der Waals surface area contributed by atoms with Crippen molar-refractivity contribution in [1.29, 1.82) is 0 Å². The molecule has 18 heavy (non-hydrogen) atoms. The van der Waals surface area contributed by atoms with Crippen LogP contribution < -0.4 is 5.56 Å². The average Bonchev–Trinajstić information content (AvgIpc) is 2.68. The molecular formula is C14H10FNOSe. The Morgan fingerprint density at radius 1 is 1.17 bits per heavy atom. The molecule has 0 aliphatic rings. The van der Waals surface area contributed by atoms with Crippen molar-refractivity contribution in [3.05, 3.63) is 64.2 Å². The molecule has 90 valence electrons. The number of fused-ring (bicyclic) bond motifs is 1. The number of hydrogen-bond acceptors (Lipinski definition) is 1. The zero-order valence-corrected chi connectivity index (χ0v) is 11.4. The summed E-state index contributed by atoms with van der Waals surface area (Å²) in [5.41, 5.74) is 1.13. The van der Waals surface area contributed by atoms with E-state index in [1.54, 1.807) is 15.7 Å². The van der Waals surface area contributed by atoms with Crippen molar-refractivity contribution in [3.63, 3.8) is 0 Å². The van der Waals surface area contributed by atoms with Gasteiger partial charge in [-0.05, 0) is 0 Å². The summed E-state index contributed by atoms with van der Waals surface area (Å²) in [5.74, 6) is -0.335. The normalized spacial score (nSPS) is 11.0. The number of aromatic nitrogens is 1.